The summed E-state index contributed by atoms with van der Waals surface area (Å²) in [5.41, 5.74) is 1.62. The van der Waals surface area contributed by atoms with E-state index < -0.39 is 0 Å². The molecule has 0 aliphatic rings. The van der Waals surface area contributed by atoms with Gasteiger partial charge >= 0.3 is 0 Å². The molecule has 0 unspecified atom stereocenters. The zero-order chi connectivity index (χ0) is 14.3. The molecule has 3 heteroatoms. The van der Waals surface area contributed by atoms with Gasteiger partial charge in [0.2, 0.25) is 0 Å². The average Bonchev–Trinajstić information content (AvgIpc) is 2.38. The quantitative estimate of drug-likeness (QED) is 0.746. The maximum atomic E-state index is 8.95. The zero-order valence-corrected chi connectivity index (χ0v) is 12.6. The number of rotatable bonds is 7. The normalized spacial score (nSPS) is 10.8. The van der Waals surface area contributed by atoms with Gasteiger partial charge in [0, 0.05) is 25.0 Å². The molecular formula is C16H25N3. The summed E-state index contributed by atoms with van der Waals surface area (Å²) in [7, 11) is 0. The van der Waals surface area contributed by atoms with Gasteiger partial charge in [-0.1, -0.05) is 27.7 Å². The van der Waals surface area contributed by atoms with Gasteiger partial charge in [-0.2, -0.15) is 5.26 Å². The minimum absolute atomic E-state index is 0.497. The molecule has 3 nitrogen and oxygen atoms in total. The summed E-state index contributed by atoms with van der Waals surface area (Å²) in [6.07, 6.45) is 4.07. The van der Waals surface area contributed by atoms with Gasteiger partial charge < -0.3 is 4.90 Å². The van der Waals surface area contributed by atoms with E-state index in [4.69, 9.17) is 5.26 Å². The summed E-state index contributed by atoms with van der Waals surface area (Å²) in [4.78, 5) is 6.42. The Labute approximate surface area is 117 Å². The lowest BCUT2D eigenvalue weighted by Gasteiger charge is -2.26. The van der Waals surface area contributed by atoms with Crippen LogP contribution in [0.2, 0.25) is 0 Å². The molecule has 0 radical (unpaired) electrons. The van der Waals surface area contributed by atoms with E-state index in [1.54, 1.807) is 6.20 Å². The summed E-state index contributed by atoms with van der Waals surface area (Å²) in [5.74, 6) is 1.39. The topological polar surface area (TPSA) is 39.9 Å². The maximum absolute atomic E-state index is 8.95. The third-order valence-electron chi connectivity index (χ3n) is 3.18. The number of nitrogens with zero attached hydrogens (tertiary/aromatic N) is 3. The fraction of sp³-hybridized carbons (Fsp3) is 0.625. The second-order valence-corrected chi connectivity index (χ2v) is 5.86. The van der Waals surface area contributed by atoms with Gasteiger partial charge in [0.05, 0.1) is 0 Å². The van der Waals surface area contributed by atoms with Crippen LogP contribution < -0.4 is 4.90 Å². The van der Waals surface area contributed by atoms with Gasteiger partial charge in [0.15, 0.2) is 0 Å². The first-order valence-corrected chi connectivity index (χ1v) is 7.14. The van der Waals surface area contributed by atoms with E-state index in [-0.39, 0.29) is 0 Å². The molecule has 0 aliphatic carbocycles. The second kappa shape index (κ2) is 7.78. The maximum Gasteiger partial charge on any atom is 0.142 e. The Balaban J connectivity index is 2.78. The summed E-state index contributed by atoms with van der Waals surface area (Å²) in [6, 6.07) is 6.01. The first-order valence-electron chi connectivity index (χ1n) is 7.14. The highest BCUT2D eigenvalue weighted by atomic mass is 15.1. The van der Waals surface area contributed by atoms with Gasteiger partial charge in [-0.3, -0.25) is 0 Å². The zero-order valence-electron chi connectivity index (χ0n) is 12.6. The smallest absolute Gasteiger partial charge is 0.142 e. The molecule has 0 aromatic carbocycles. The Morgan fingerprint density at radius 2 is 1.74 bits per heavy atom. The molecule has 104 valence electrons. The summed E-state index contributed by atoms with van der Waals surface area (Å²) in [5, 5.41) is 8.95. The first-order chi connectivity index (χ1) is 9.02. The minimum Gasteiger partial charge on any atom is -0.371 e. The predicted octanol–water partition coefficient (Wildman–Crippen LogP) is 3.85. The van der Waals surface area contributed by atoms with Crippen LogP contribution in [0.15, 0.2) is 18.3 Å². The van der Waals surface area contributed by atoms with Crippen molar-refractivity contribution in [3.63, 3.8) is 0 Å². The molecule has 1 aromatic rings. The van der Waals surface area contributed by atoms with Gasteiger partial charge in [-0.05, 0) is 36.8 Å². The molecule has 0 saturated heterocycles. The Kier molecular flexibility index (Phi) is 6.35. The highest BCUT2D eigenvalue weighted by molar-refractivity contribution is 5.48. The largest absolute Gasteiger partial charge is 0.371 e. The van der Waals surface area contributed by atoms with Crippen molar-refractivity contribution in [2.75, 3.05) is 18.0 Å². The third-order valence-corrected chi connectivity index (χ3v) is 3.18. The molecule has 0 bridgehead atoms. The minimum atomic E-state index is 0.497. The third kappa shape index (κ3) is 5.74. The van der Waals surface area contributed by atoms with Crippen LogP contribution in [0, 0.1) is 23.2 Å². The van der Waals surface area contributed by atoms with Crippen molar-refractivity contribution in [3.05, 3.63) is 24.0 Å². The van der Waals surface area contributed by atoms with E-state index in [2.05, 4.69) is 43.6 Å². The molecule has 19 heavy (non-hydrogen) atoms. The van der Waals surface area contributed by atoms with E-state index in [1.165, 1.54) is 12.8 Å². The highest BCUT2D eigenvalue weighted by Crippen LogP contribution is 2.17. The Bertz CT molecular complexity index is 406. The molecular weight excluding hydrogens is 234 g/mol. The lowest BCUT2D eigenvalue weighted by atomic mass is 10.1. The van der Waals surface area contributed by atoms with Crippen molar-refractivity contribution in [3.8, 4) is 6.07 Å². The van der Waals surface area contributed by atoms with Crippen molar-refractivity contribution in [1.82, 2.24) is 4.98 Å². The molecule has 0 amide bonds. The van der Waals surface area contributed by atoms with E-state index in [0.717, 1.165) is 18.8 Å². The van der Waals surface area contributed by atoms with Crippen LogP contribution in [0.5, 0.6) is 0 Å². The molecule has 0 atom stereocenters. The molecule has 1 aromatic heterocycles. The van der Waals surface area contributed by atoms with Gasteiger partial charge in [0.1, 0.15) is 11.8 Å². The summed E-state index contributed by atoms with van der Waals surface area (Å²) < 4.78 is 0. The highest BCUT2D eigenvalue weighted by Gasteiger charge is 2.09. The van der Waals surface area contributed by atoms with Gasteiger partial charge in [-0.25, -0.2) is 4.98 Å². The Hall–Kier alpha value is -1.56. The Morgan fingerprint density at radius 3 is 2.21 bits per heavy atom. The molecule has 1 heterocycles. The predicted molar refractivity (Wildman–Crippen MR) is 80.1 cm³/mol. The van der Waals surface area contributed by atoms with E-state index in [0.29, 0.717) is 17.5 Å². The SMILES string of the molecule is CC(C)CCN(CCC(C)C)c1ccnc(C#N)c1. The Morgan fingerprint density at radius 1 is 1.16 bits per heavy atom. The molecule has 0 saturated carbocycles. The number of hydrogen-bond acceptors (Lipinski definition) is 3. The molecule has 0 spiro atoms. The monoisotopic (exact) mass is 259 g/mol. The van der Waals surface area contributed by atoms with Crippen LogP contribution in [0.25, 0.3) is 0 Å². The first kappa shape index (κ1) is 15.5. The van der Waals surface area contributed by atoms with Crippen LogP contribution in [0.3, 0.4) is 0 Å². The fourth-order valence-electron chi connectivity index (χ4n) is 1.88. The molecule has 1 rings (SSSR count). The second-order valence-electron chi connectivity index (χ2n) is 5.86. The number of aromatic nitrogens is 1. The fourth-order valence-corrected chi connectivity index (χ4v) is 1.88. The number of pyridine rings is 1. The molecule has 0 aliphatic heterocycles. The lowest BCUT2D eigenvalue weighted by Crippen LogP contribution is -2.27. The number of nitriles is 1. The van der Waals surface area contributed by atoms with Crippen molar-refractivity contribution in [2.24, 2.45) is 11.8 Å². The number of anilines is 1. The van der Waals surface area contributed by atoms with Crippen LogP contribution in [-0.2, 0) is 0 Å². The molecule has 0 N–H and O–H groups in total. The number of hydrogen-bond donors (Lipinski definition) is 0. The van der Waals surface area contributed by atoms with Crippen LogP contribution >= 0.6 is 0 Å². The van der Waals surface area contributed by atoms with Crippen molar-refractivity contribution < 1.29 is 0 Å². The van der Waals surface area contributed by atoms with Crippen molar-refractivity contribution in [2.45, 2.75) is 40.5 Å². The summed E-state index contributed by atoms with van der Waals surface area (Å²) in [6.45, 7) is 11.1. The molecule has 0 fully saturated rings. The van der Waals surface area contributed by atoms with Gasteiger partial charge in [0.25, 0.3) is 0 Å². The average molecular weight is 259 g/mol. The van der Waals surface area contributed by atoms with Crippen LogP contribution in [0.4, 0.5) is 5.69 Å². The lowest BCUT2D eigenvalue weighted by molar-refractivity contribution is 0.535. The van der Waals surface area contributed by atoms with Gasteiger partial charge in [-0.15, -0.1) is 0 Å². The van der Waals surface area contributed by atoms with Crippen molar-refractivity contribution in [1.29, 1.82) is 5.26 Å². The van der Waals surface area contributed by atoms with Crippen LogP contribution in [-0.4, -0.2) is 18.1 Å². The standard InChI is InChI=1S/C16H25N3/c1-13(2)6-9-19(10-7-14(3)4)16-5-8-18-15(11-16)12-17/h5,8,11,13-14H,6-7,9-10H2,1-4H3. The van der Waals surface area contributed by atoms with E-state index in [1.807, 2.05) is 12.1 Å². The summed E-state index contributed by atoms with van der Waals surface area (Å²) >= 11 is 0. The van der Waals surface area contributed by atoms with Crippen LogP contribution in [0.1, 0.15) is 46.2 Å². The van der Waals surface area contributed by atoms with E-state index >= 15 is 0 Å². The van der Waals surface area contributed by atoms with Crippen molar-refractivity contribution >= 4 is 5.69 Å². The van der Waals surface area contributed by atoms with E-state index in [9.17, 15) is 0 Å².